The number of pyridine rings is 1. The fourth-order valence-electron chi connectivity index (χ4n) is 3.38. The van der Waals surface area contributed by atoms with E-state index in [4.69, 9.17) is 16.9 Å². The van der Waals surface area contributed by atoms with Crippen LogP contribution in [0.1, 0.15) is 16.8 Å². The SMILES string of the molecule is Cc1nc2ccc(-c3cnc(P(C)C)nc3)cc2c(NCc2cc(C#N)ccc2F)c1Cl. The highest BCUT2D eigenvalue weighted by Crippen LogP contribution is 2.35. The van der Waals surface area contributed by atoms with Crippen molar-refractivity contribution in [2.75, 3.05) is 18.6 Å². The first-order valence-electron chi connectivity index (χ1n) is 9.89. The van der Waals surface area contributed by atoms with Crippen LogP contribution in [0.4, 0.5) is 10.1 Å². The molecule has 1 N–H and O–H groups in total. The van der Waals surface area contributed by atoms with Crippen LogP contribution in [0.15, 0.2) is 48.8 Å². The molecule has 8 heteroatoms. The Balaban J connectivity index is 1.75. The summed E-state index contributed by atoms with van der Waals surface area (Å²) in [6, 6.07) is 12.2. The zero-order valence-electron chi connectivity index (χ0n) is 17.8. The van der Waals surface area contributed by atoms with E-state index >= 15 is 0 Å². The van der Waals surface area contributed by atoms with Gasteiger partial charge in [0.25, 0.3) is 0 Å². The molecule has 0 aliphatic heterocycles. The van der Waals surface area contributed by atoms with E-state index in [9.17, 15) is 4.39 Å². The predicted molar refractivity (Wildman–Crippen MR) is 129 cm³/mol. The van der Waals surface area contributed by atoms with Crippen molar-refractivity contribution in [1.29, 1.82) is 5.26 Å². The second kappa shape index (κ2) is 9.16. The Kier molecular flexibility index (Phi) is 6.32. The van der Waals surface area contributed by atoms with Gasteiger partial charge in [-0.3, -0.25) is 4.98 Å². The molecule has 5 nitrogen and oxygen atoms in total. The fourth-order valence-corrected chi connectivity index (χ4v) is 4.17. The third kappa shape index (κ3) is 4.41. The molecule has 2 aromatic heterocycles. The molecule has 0 radical (unpaired) electrons. The van der Waals surface area contributed by atoms with Gasteiger partial charge in [-0.25, -0.2) is 14.4 Å². The van der Waals surface area contributed by atoms with Gasteiger partial charge >= 0.3 is 0 Å². The standard InChI is InChI=1S/C24H20ClFN5P/c1-14-22(25)23(28-11-17-8-15(10-27)4-6-20(17)26)19-9-16(5-7-21(19)31-14)18-12-29-24(30-13-18)32(2)3/h4-9,12-13H,11H2,1-3H3,(H,28,31). The van der Waals surface area contributed by atoms with Gasteiger partial charge in [0, 0.05) is 35.5 Å². The van der Waals surface area contributed by atoms with Crippen LogP contribution in [0.25, 0.3) is 22.0 Å². The summed E-state index contributed by atoms with van der Waals surface area (Å²) in [5, 5.41) is 13.7. The molecule has 4 rings (SSSR count). The average molecular weight is 464 g/mol. The van der Waals surface area contributed by atoms with Crippen molar-refractivity contribution < 1.29 is 4.39 Å². The van der Waals surface area contributed by atoms with Crippen molar-refractivity contribution >= 4 is 41.7 Å². The third-order valence-electron chi connectivity index (χ3n) is 5.09. The van der Waals surface area contributed by atoms with Gasteiger partial charge in [-0.2, -0.15) is 5.26 Å². The lowest BCUT2D eigenvalue weighted by Gasteiger charge is -2.15. The normalized spacial score (nSPS) is 11.0. The van der Waals surface area contributed by atoms with Crippen molar-refractivity contribution in [3.05, 3.63) is 76.5 Å². The summed E-state index contributed by atoms with van der Waals surface area (Å²) >= 11 is 6.60. The molecule has 0 saturated carbocycles. The monoisotopic (exact) mass is 463 g/mol. The summed E-state index contributed by atoms with van der Waals surface area (Å²) in [5.74, 6) is -0.382. The first-order chi connectivity index (χ1) is 15.4. The lowest BCUT2D eigenvalue weighted by Crippen LogP contribution is -2.09. The number of rotatable bonds is 5. The van der Waals surface area contributed by atoms with Crippen molar-refractivity contribution in [3.63, 3.8) is 0 Å². The zero-order chi connectivity index (χ0) is 22.8. The minimum absolute atomic E-state index is 0.179. The van der Waals surface area contributed by atoms with E-state index in [1.807, 2.05) is 43.6 Å². The molecular weight excluding hydrogens is 444 g/mol. The van der Waals surface area contributed by atoms with E-state index in [1.54, 1.807) is 0 Å². The van der Waals surface area contributed by atoms with Gasteiger partial charge in [-0.15, -0.1) is 0 Å². The minimum atomic E-state index is -0.382. The second-order valence-corrected chi connectivity index (χ2v) is 10.1. The Morgan fingerprint density at radius 2 is 1.84 bits per heavy atom. The van der Waals surface area contributed by atoms with Crippen LogP contribution in [0, 0.1) is 24.1 Å². The van der Waals surface area contributed by atoms with Gasteiger partial charge in [0.15, 0.2) is 0 Å². The van der Waals surface area contributed by atoms with Crippen LogP contribution in [0.2, 0.25) is 5.02 Å². The number of nitrogens with zero attached hydrogens (tertiary/aromatic N) is 4. The van der Waals surface area contributed by atoms with E-state index in [2.05, 4.69) is 33.6 Å². The number of anilines is 1. The average Bonchev–Trinajstić information content (AvgIpc) is 2.80. The van der Waals surface area contributed by atoms with Crippen molar-refractivity contribution in [2.24, 2.45) is 0 Å². The minimum Gasteiger partial charge on any atom is -0.379 e. The van der Waals surface area contributed by atoms with E-state index in [1.165, 1.54) is 18.2 Å². The maximum Gasteiger partial charge on any atom is 0.149 e. The predicted octanol–water partition coefficient (Wildman–Crippen LogP) is 5.64. The molecular formula is C24H20ClFN5P. The molecule has 0 spiro atoms. The van der Waals surface area contributed by atoms with Crippen LogP contribution < -0.4 is 10.9 Å². The van der Waals surface area contributed by atoms with Gasteiger partial charge in [0.05, 0.1) is 33.6 Å². The van der Waals surface area contributed by atoms with E-state index in [0.717, 1.165) is 27.6 Å². The van der Waals surface area contributed by atoms with Gasteiger partial charge in [0.2, 0.25) is 0 Å². The molecule has 0 aliphatic rings. The maximum absolute atomic E-state index is 14.3. The van der Waals surface area contributed by atoms with Crippen molar-refractivity contribution in [1.82, 2.24) is 15.0 Å². The number of nitriles is 1. The second-order valence-electron chi connectivity index (χ2n) is 7.56. The third-order valence-corrected chi connectivity index (χ3v) is 6.59. The molecule has 0 unspecified atom stereocenters. The smallest absolute Gasteiger partial charge is 0.149 e. The van der Waals surface area contributed by atoms with Crippen LogP contribution in [-0.4, -0.2) is 28.3 Å². The van der Waals surface area contributed by atoms with Gasteiger partial charge in [-0.05, 0) is 64.1 Å². The Morgan fingerprint density at radius 3 is 2.53 bits per heavy atom. The number of nitrogens with one attached hydrogen (secondary N) is 1. The molecule has 0 aliphatic carbocycles. The van der Waals surface area contributed by atoms with E-state index in [0.29, 0.717) is 27.5 Å². The molecule has 4 aromatic rings. The number of halogens is 2. The van der Waals surface area contributed by atoms with Crippen LogP contribution >= 0.6 is 19.5 Å². The molecule has 0 saturated heterocycles. The molecule has 2 heterocycles. The van der Waals surface area contributed by atoms with Crippen molar-refractivity contribution in [3.8, 4) is 17.2 Å². The van der Waals surface area contributed by atoms with Crippen molar-refractivity contribution in [2.45, 2.75) is 13.5 Å². The molecule has 2 aromatic carbocycles. The number of benzene rings is 2. The maximum atomic E-state index is 14.3. The molecule has 0 fully saturated rings. The van der Waals surface area contributed by atoms with Gasteiger partial charge < -0.3 is 5.32 Å². The Bertz CT molecular complexity index is 1350. The number of aryl methyl sites for hydroxylation is 1. The van der Waals surface area contributed by atoms with Gasteiger partial charge in [-0.1, -0.05) is 17.7 Å². The molecule has 0 atom stereocenters. The Hall–Kier alpha value is -3.13. The summed E-state index contributed by atoms with van der Waals surface area (Å²) in [4.78, 5) is 13.6. The van der Waals surface area contributed by atoms with Gasteiger partial charge in [0.1, 0.15) is 11.4 Å². The Labute approximate surface area is 192 Å². The fraction of sp³-hybridized carbons (Fsp3) is 0.167. The number of hydrogen-bond donors (Lipinski definition) is 1. The molecule has 160 valence electrons. The number of hydrogen-bond acceptors (Lipinski definition) is 5. The van der Waals surface area contributed by atoms with E-state index < -0.39 is 0 Å². The van der Waals surface area contributed by atoms with E-state index in [-0.39, 0.29) is 20.3 Å². The first kappa shape index (κ1) is 22.1. The highest BCUT2D eigenvalue weighted by Gasteiger charge is 2.14. The summed E-state index contributed by atoms with van der Waals surface area (Å²) < 4.78 is 14.3. The lowest BCUT2D eigenvalue weighted by atomic mass is 10.0. The topological polar surface area (TPSA) is 74.5 Å². The largest absolute Gasteiger partial charge is 0.379 e. The highest BCUT2D eigenvalue weighted by molar-refractivity contribution is 7.63. The van der Waals surface area contributed by atoms with Crippen LogP contribution in [-0.2, 0) is 6.54 Å². The summed E-state index contributed by atoms with van der Waals surface area (Å²) in [7, 11) is -0.362. The number of fused-ring (bicyclic) bond motifs is 1. The summed E-state index contributed by atoms with van der Waals surface area (Å²) in [6.45, 7) is 6.24. The first-order valence-corrected chi connectivity index (χ1v) is 12.5. The van der Waals surface area contributed by atoms with Crippen LogP contribution in [0.5, 0.6) is 0 Å². The lowest BCUT2D eigenvalue weighted by molar-refractivity contribution is 0.613. The Morgan fingerprint density at radius 1 is 1.09 bits per heavy atom. The zero-order valence-corrected chi connectivity index (χ0v) is 19.5. The summed E-state index contributed by atoms with van der Waals surface area (Å²) in [5.41, 5.74) is 5.58. The number of aromatic nitrogens is 3. The highest BCUT2D eigenvalue weighted by atomic mass is 35.5. The molecule has 0 bridgehead atoms. The molecule has 32 heavy (non-hydrogen) atoms. The summed E-state index contributed by atoms with van der Waals surface area (Å²) in [6.07, 6.45) is 3.65. The van der Waals surface area contributed by atoms with Crippen LogP contribution in [0.3, 0.4) is 0 Å². The quantitative estimate of drug-likeness (QED) is 0.387. The molecule has 0 amide bonds.